The number of nitrogens with two attached hydrogens (primary N) is 1. The molecule has 3 N–H and O–H groups in total. The first kappa shape index (κ1) is 21.9. The maximum absolute atomic E-state index is 9.93. The molecule has 0 spiro atoms. The third kappa shape index (κ3) is 10.4. The summed E-state index contributed by atoms with van der Waals surface area (Å²) < 4.78 is 5.53. The van der Waals surface area contributed by atoms with E-state index in [0.29, 0.717) is 12.5 Å². The van der Waals surface area contributed by atoms with E-state index in [1.807, 2.05) is 38.1 Å². The van der Waals surface area contributed by atoms with Crippen LogP contribution in [0.4, 0.5) is 0 Å². The Labute approximate surface area is 143 Å². The summed E-state index contributed by atoms with van der Waals surface area (Å²) in [6, 6.07) is 7.60. The van der Waals surface area contributed by atoms with Crippen molar-refractivity contribution in [3.05, 3.63) is 29.8 Å². The average molecular weight is 324 g/mol. The Morgan fingerprint density at radius 3 is 2.09 bits per heavy atom. The van der Waals surface area contributed by atoms with Gasteiger partial charge in [0.1, 0.15) is 5.75 Å². The fraction of sp³-hybridized carbons (Fsp3) is 0.700. The molecule has 0 saturated heterocycles. The highest BCUT2D eigenvalue weighted by molar-refractivity contribution is 5.27. The molecule has 1 aromatic carbocycles. The zero-order chi connectivity index (χ0) is 17.5. The summed E-state index contributed by atoms with van der Waals surface area (Å²) >= 11 is 0. The first-order valence-electron chi connectivity index (χ1n) is 9.33. The molecule has 1 aliphatic rings. The lowest BCUT2D eigenvalue weighted by Crippen LogP contribution is -2.21. The van der Waals surface area contributed by atoms with Gasteiger partial charge in [-0.05, 0) is 23.6 Å². The second-order valence-electron chi connectivity index (χ2n) is 5.87. The number of ether oxygens (including phenoxy) is 1. The highest BCUT2D eigenvalue weighted by atomic mass is 16.6. The molecule has 1 unspecified atom stereocenters. The van der Waals surface area contributed by atoms with Crippen molar-refractivity contribution in [1.29, 1.82) is 0 Å². The Morgan fingerprint density at radius 1 is 1.09 bits per heavy atom. The highest BCUT2D eigenvalue weighted by Gasteiger charge is 2.18. The summed E-state index contributed by atoms with van der Waals surface area (Å²) in [5, 5.41) is 9.93. The molecule has 1 saturated carbocycles. The number of aliphatic hydroxyl groups excluding tert-OH is 1. The van der Waals surface area contributed by atoms with Crippen molar-refractivity contribution in [2.75, 3.05) is 0 Å². The largest absolute Gasteiger partial charge is 0.465 e. The smallest absolute Gasteiger partial charge is 0.197 e. The predicted octanol–water partition coefficient (Wildman–Crippen LogP) is 5.26. The minimum absolute atomic E-state index is 0.533. The van der Waals surface area contributed by atoms with Crippen LogP contribution in [0.15, 0.2) is 24.3 Å². The Kier molecular flexibility index (Phi) is 13.9. The van der Waals surface area contributed by atoms with Crippen molar-refractivity contribution >= 4 is 0 Å². The summed E-state index contributed by atoms with van der Waals surface area (Å²) in [6.07, 6.45) is 7.70. The molecule has 0 heterocycles. The quantitative estimate of drug-likeness (QED) is 0.727. The second-order valence-corrected chi connectivity index (χ2v) is 5.87. The molecule has 134 valence electrons. The van der Waals surface area contributed by atoms with E-state index in [-0.39, 0.29) is 0 Å². The third-order valence-electron chi connectivity index (χ3n) is 3.69. The van der Waals surface area contributed by atoms with Crippen molar-refractivity contribution < 1.29 is 9.84 Å². The lowest BCUT2D eigenvalue weighted by molar-refractivity contribution is -0.0377. The number of benzene rings is 1. The third-order valence-corrected chi connectivity index (χ3v) is 3.69. The fourth-order valence-corrected chi connectivity index (χ4v) is 2.62. The molecule has 0 aliphatic heterocycles. The van der Waals surface area contributed by atoms with Crippen LogP contribution in [0.3, 0.4) is 0 Å². The van der Waals surface area contributed by atoms with Crippen molar-refractivity contribution in [2.24, 2.45) is 11.7 Å². The Balaban J connectivity index is 0.000000868. The topological polar surface area (TPSA) is 55.5 Å². The van der Waals surface area contributed by atoms with Gasteiger partial charge in [-0.3, -0.25) is 0 Å². The molecule has 2 rings (SSSR count). The number of rotatable bonds is 5. The van der Waals surface area contributed by atoms with E-state index in [0.717, 1.165) is 17.7 Å². The van der Waals surface area contributed by atoms with E-state index in [9.17, 15) is 5.11 Å². The zero-order valence-electron chi connectivity index (χ0n) is 15.6. The zero-order valence-corrected chi connectivity index (χ0v) is 15.6. The Hall–Kier alpha value is -1.06. The molecule has 0 amide bonds. The summed E-state index contributed by atoms with van der Waals surface area (Å²) in [4.78, 5) is 0. The van der Waals surface area contributed by atoms with E-state index in [2.05, 4.69) is 13.8 Å². The molecule has 0 radical (unpaired) electrons. The van der Waals surface area contributed by atoms with E-state index in [4.69, 9.17) is 10.5 Å². The van der Waals surface area contributed by atoms with Crippen LogP contribution in [0.25, 0.3) is 0 Å². The van der Waals surface area contributed by atoms with E-state index >= 15 is 0 Å². The van der Waals surface area contributed by atoms with Crippen LogP contribution in [-0.4, -0.2) is 11.4 Å². The SMILES string of the molecule is CC.CCC.NCc1ccc(OC(O)CC2CCCCC2)cc1. The number of hydrogen-bond acceptors (Lipinski definition) is 3. The van der Waals surface area contributed by atoms with Gasteiger partial charge in [0.15, 0.2) is 6.29 Å². The van der Waals surface area contributed by atoms with E-state index in [1.54, 1.807) is 0 Å². The van der Waals surface area contributed by atoms with Crippen LogP contribution in [0.2, 0.25) is 0 Å². The maximum Gasteiger partial charge on any atom is 0.197 e. The monoisotopic (exact) mass is 323 g/mol. The minimum Gasteiger partial charge on any atom is -0.465 e. The summed E-state index contributed by atoms with van der Waals surface area (Å²) in [5.41, 5.74) is 6.61. The van der Waals surface area contributed by atoms with E-state index in [1.165, 1.54) is 38.5 Å². The molecular formula is C20H37NO2. The molecule has 3 heteroatoms. The van der Waals surface area contributed by atoms with Crippen molar-refractivity contribution in [1.82, 2.24) is 0 Å². The summed E-state index contributed by atoms with van der Waals surface area (Å²) in [7, 11) is 0. The average Bonchev–Trinajstić information content (AvgIpc) is 2.59. The van der Waals surface area contributed by atoms with Gasteiger partial charge in [-0.2, -0.15) is 0 Å². The van der Waals surface area contributed by atoms with Crippen LogP contribution >= 0.6 is 0 Å². The predicted molar refractivity (Wildman–Crippen MR) is 99.5 cm³/mol. The lowest BCUT2D eigenvalue weighted by atomic mass is 9.87. The van der Waals surface area contributed by atoms with E-state index < -0.39 is 6.29 Å². The van der Waals surface area contributed by atoms with Gasteiger partial charge in [0.25, 0.3) is 0 Å². The molecule has 1 aromatic rings. The van der Waals surface area contributed by atoms with Gasteiger partial charge in [0.2, 0.25) is 0 Å². The Morgan fingerprint density at radius 2 is 1.61 bits per heavy atom. The van der Waals surface area contributed by atoms with Crippen molar-refractivity contribution in [3.8, 4) is 5.75 Å². The highest BCUT2D eigenvalue weighted by Crippen LogP contribution is 2.28. The van der Waals surface area contributed by atoms with Gasteiger partial charge in [-0.25, -0.2) is 0 Å². The van der Waals surface area contributed by atoms with Crippen LogP contribution in [0.5, 0.6) is 5.75 Å². The molecule has 1 fully saturated rings. The molecular weight excluding hydrogens is 286 g/mol. The molecule has 1 aliphatic carbocycles. The van der Waals surface area contributed by atoms with Crippen molar-refractivity contribution in [2.45, 2.75) is 85.5 Å². The standard InChI is InChI=1S/C15H23NO2.C3H8.C2H6/c16-11-13-6-8-14(9-7-13)18-15(17)10-12-4-2-1-3-5-12;1-3-2;1-2/h6-9,12,15,17H,1-5,10-11,16H2;3H2,1-2H3;1-2H3. The fourth-order valence-electron chi connectivity index (χ4n) is 2.62. The van der Waals surface area contributed by atoms with Gasteiger partial charge in [-0.1, -0.05) is 78.4 Å². The Bertz CT molecular complexity index is 358. The molecule has 3 nitrogen and oxygen atoms in total. The van der Waals surface area contributed by atoms with Gasteiger partial charge in [-0.15, -0.1) is 0 Å². The minimum atomic E-state index is -0.683. The molecule has 0 aromatic heterocycles. The van der Waals surface area contributed by atoms with Crippen LogP contribution in [0, 0.1) is 5.92 Å². The van der Waals surface area contributed by atoms with Crippen LogP contribution < -0.4 is 10.5 Å². The first-order valence-corrected chi connectivity index (χ1v) is 9.33. The normalized spacial score (nSPS) is 15.6. The molecule has 23 heavy (non-hydrogen) atoms. The summed E-state index contributed by atoms with van der Waals surface area (Å²) in [5.74, 6) is 1.34. The van der Waals surface area contributed by atoms with Crippen LogP contribution in [-0.2, 0) is 6.54 Å². The van der Waals surface area contributed by atoms with Gasteiger partial charge in [0.05, 0.1) is 0 Å². The van der Waals surface area contributed by atoms with Gasteiger partial charge < -0.3 is 15.6 Å². The molecule has 0 bridgehead atoms. The van der Waals surface area contributed by atoms with Gasteiger partial charge >= 0.3 is 0 Å². The summed E-state index contributed by atoms with van der Waals surface area (Å²) in [6.45, 7) is 8.78. The first-order chi connectivity index (χ1) is 11.2. The van der Waals surface area contributed by atoms with Crippen molar-refractivity contribution in [3.63, 3.8) is 0 Å². The molecule has 1 atom stereocenters. The maximum atomic E-state index is 9.93. The second kappa shape index (κ2) is 14.5. The van der Waals surface area contributed by atoms with Gasteiger partial charge in [0, 0.05) is 13.0 Å². The van der Waals surface area contributed by atoms with Crippen LogP contribution in [0.1, 0.15) is 78.2 Å². The lowest BCUT2D eigenvalue weighted by Gasteiger charge is -2.24. The number of hydrogen-bond donors (Lipinski definition) is 2. The number of aliphatic hydroxyl groups is 1.